The van der Waals surface area contributed by atoms with E-state index in [1.165, 1.54) is 38.2 Å². The SMILES string of the molecule is c1cc(-c2ccc(-c3cccc4c(-c5cccc6c5oc5ccccc56)cccc34)cc2)cc(-c2cnc3c4ccccc4c4ccccc4c3n2)c1. The summed E-state index contributed by atoms with van der Waals surface area (Å²) >= 11 is 0. The maximum Gasteiger partial charge on any atom is 0.143 e. The Labute approximate surface area is 305 Å². The number of hydrogen-bond acceptors (Lipinski definition) is 3. The minimum atomic E-state index is 0.862. The average molecular weight is 675 g/mol. The first-order chi connectivity index (χ1) is 26.3. The second kappa shape index (κ2) is 11.7. The first-order valence-corrected chi connectivity index (χ1v) is 18.0. The second-order valence-electron chi connectivity index (χ2n) is 13.7. The third kappa shape index (κ3) is 4.68. The summed E-state index contributed by atoms with van der Waals surface area (Å²) in [5.41, 5.74) is 12.5. The van der Waals surface area contributed by atoms with Gasteiger partial charge in [-0.1, -0.05) is 164 Å². The fraction of sp³-hybridized carbons (Fsp3) is 0. The zero-order valence-corrected chi connectivity index (χ0v) is 28.6. The molecule has 11 aromatic rings. The highest BCUT2D eigenvalue weighted by molar-refractivity contribution is 6.23. The van der Waals surface area contributed by atoms with Gasteiger partial charge in [-0.2, -0.15) is 0 Å². The molecule has 11 rings (SSSR count). The smallest absolute Gasteiger partial charge is 0.143 e. The number of para-hydroxylation sites is 2. The summed E-state index contributed by atoms with van der Waals surface area (Å²) < 4.78 is 6.44. The van der Waals surface area contributed by atoms with Crippen LogP contribution in [0.5, 0.6) is 0 Å². The van der Waals surface area contributed by atoms with Crippen molar-refractivity contribution in [3.05, 3.63) is 182 Å². The molecule has 0 bridgehead atoms. The van der Waals surface area contributed by atoms with Crippen molar-refractivity contribution in [2.75, 3.05) is 0 Å². The molecule has 0 aliphatic rings. The third-order valence-corrected chi connectivity index (χ3v) is 10.7. The Kier molecular flexibility index (Phi) is 6.55. The molecule has 0 N–H and O–H groups in total. The van der Waals surface area contributed by atoms with Gasteiger partial charge < -0.3 is 4.42 Å². The fourth-order valence-electron chi connectivity index (χ4n) is 8.22. The predicted octanol–water partition coefficient (Wildman–Crippen LogP) is 13.7. The molecular weight excluding hydrogens is 645 g/mol. The van der Waals surface area contributed by atoms with Gasteiger partial charge in [0.2, 0.25) is 0 Å². The Balaban J connectivity index is 0.966. The Morgan fingerprint density at radius 1 is 0.340 bits per heavy atom. The van der Waals surface area contributed by atoms with E-state index in [1.54, 1.807) is 0 Å². The minimum Gasteiger partial charge on any atom is -0.455 e. The van der Waals surface area contributed by atoms with Crippen LogP contribution in [0.3, 0.4) is 0 Å². The van der Waals surface area contributed by atoms with Crippen molar-refractivity contribution in [3.8, 4) is 44.6 Å². The van der Waals surface area contributed by atoms with Gasteiger partial charge in [-0.25, -0.2) is 4.98 Å². The van der Waals surface area contributed by atoms with E-state index in [4.69, 9.17) is 14.4 Å². The number of fused-ring (bicyclic) bond motifs is 10. The number of furan rings is 1. The molecule has 2 heterocycles. The van der Waals surface area contributed by atoms with Crippen molar-refractivity contribution in [1.82, 2.24) is 9.97 Å². The van der Waals surface area contributed by atoms with E-state index in [0.29, 0.717) is 0 Å². The van der Waals surface area contributed by atoms with E-state index in [0.717, 1.165) is 71.7 Å². The van der Waals surface area contributed by atoms with Gasteiger partial charge in [0.05, 0.1) is 22.9 Å². The number of aromatic nitrogens is 2. The summed E-state index contributed by atoms with van der Waals surface area (Å²) in [4.78, 5) is 10.2. The van der Waals surface area contributed by atoms with Crippen LogP contribution < -0.4 is 0 Å². The maximum absolute atomic E-state index is 6.44. The Bertz CT molecular complexity index is 3190. The number of hydrogen-bond donors (Lipinski definition) is 0. The van der Waals surface area contributed by atoms with Crippen LogP contribution in [-0.2, 0) is 0 Å². The van der Waals surface area contributed by atoms with Gasteiger partial charge in [0, 0.05) is 32.7 Å². The molecule has 3 nitrogen and oxygen atoms in total. The lowest BCUT2D eigenvalue weighted by molar-refractivity contribution is 0.670. The van der Waals surface area contributed by atoms with Crippen LogP contribution in [0.4, 0.5) is 0 Å². The molecule has 53 heavy (non-hydrogen) atoms. The van der Waals surface area contributed by atoms with E-state index in [-0.39, 0.29) is 0 Å². The van der Waals surface area contributed by atoms with Crippen LogP contribution in [0.2, 0.25) is 0 Å². The molecule has 9 aromatic carbocycles. The number of rotatable bonds is 4. The van der Waals surface area contributed by atoms with Crippen molar-refractivity contribution in [1.29, 1.82) is 0 Å². The first kappa shape index (κ1) is 29.6. The van der Waals surface area contributed by atoms with Crippen molar-refractivity contribution in [3.63, 3.8) is 0 Å². The summed E-state index contributed by atoms with van der Waals surface area (Å²) in [6, 6.07) is 62.4. The largest absolute Gasteiger partial charge is 0.455 e. The Morgan fingerprint density at radius 3 is 1.66 bits per heavy atom. The lowest BCUT2D eigenvalue weighted by Gasteiger charge is -2.13. The molecule has 0 amide bonds. The van der Waals surface area contributed by atoms with E-state index >= 15 is 0 Å². The number of benzene rings is 9. The van der Waals surface area contributed by atoms with Crippen LogP contribution >= 0.6 is 0 Å². The first-order valence-electron chi connectivity index (χ1n) is 18.0. The standard InChI is InChI=1S/C50H30N2O/c1-3-16-42-38(13-1)39-14-2-4-17-43(39)49-48(42)51-30-46(52-49)34-12-7-11-33(29-34)31-25-27-32(28-26-31)35-18-8-20-37-36(35)19-9-21-40(37)44-22-10-23-45-41-15-5-6-24-47(41)53-50(44)45/h1-30H. The van der Waals surface area contributed by atoms with Crippen molar-refractivity contribution < 1.29 is 4.42 Å². The molecule has 0 spiro atoms. The predicted molar refractivity (Wildman–Crippen MR) is 221 cm³/mol. The zero-order chi connectivity index (χ0) is 34.9. The molecule has 0 aliphatic carbocycles. The van der Waals surface area contributed by atoms with Crippen molar-refractivity contribution in [2.24, 2.45) is 0 Å². The molecule has 246 valence electrons. The van der Waals surface area contributed by atoms with Gasteiger partial charge >= 0.3 is 0 Å². The van der Waals surface area contributed by atoms with Crippen LogP contribution in [-0.4, -0.2) is 9.97 Å². The van der Waals surface area contributed by atoms with E-state index in [1.807, 2.05) is 18.3 Å². The van der Waals surface area contributed by atoms with E-state index in [2.05, 4.69) is 164 Å². The molecule has 3 heteroatoms. The van der Waals surface area contributed by atoms with Crippen LogP contribution in [0.1, 0.15) is 0 Å². The van der Waals surface area contributed by atoms with Gasteiger partial charge in [0.15, 0.2) is 0 Å². The van der Waals surface area contributed by atoms with Crippen molar-refractivity contribution >= 4 is 65.3 Å². The maximum atomic E-state index is 6.44. The molecule has 0 fully saturated rings. The summed E-state index contributed by atoms with van der Waals surface area (Å²) in [5, 5.41) is 9.34. The normalized spacial score (nSPS) is 11.8. The highest BCUT2D eigenvalue weighted by Gasteiger charge is 2.16. The Hall–Kier alpha value is -7.10. The van der Waals surface area contributed by atoms with Crippen LogP contribution in [0, 0.1) is 0 Å². The van der Waals surface area contributed by atoms with Crippen LogP contribution in [0.15, 0.2) is 187 Å². The molecule has 2 aromatic heterocycles. The summed E-state index contributed by atoms with van der Waals surface area (Å²) in [7, 11) is 0. The fourth-order valence-corrected chi connectivity index (χ4v) is 8.22. The molecule has 0 saturated heterocycles. The lowest BCUT2D eigenvalue weighted by Crippen LogP contribution is -1.92. The van der Waals surface area contributed by atoms with Gasteiger partial charge in [-0.3, -0.25) is 4.98 Å². The van der Waals surface area contributed by atoms with E-state index < -0.39 is 0 Å². The number of nitrogens with zero attached hydrogens (tertiary/aromatic N) is 2. The quantitative estimate of drug-likeness (QED) is 0.174. The molecule has 0 unspecified atom stereocenters. The molecule has 0 radical (unpaired) electrons. The molecular formula is C50H30N2O. The topological polar surface area (TPSA) is 38.9 Å². The monoisotopic (exact) mass is 674 g/mol. The van der Waals surface area contributed by atoms with Crippen molar-refractivity contribution in [2.45, 2.75) is 0 Å². The van der Waals surface area contributed by atoms with Gasteiger partial charge in [0.1, 0.15) is 11.2 Å². The molecule has 0 saturated carbocycles. The lowest BCUT2D eigenvalue weighted by atomic mass is 9.91. The zero-order valence-electron chi connectivity index (χ0n) is 28.6. The average Bonchev–Trinajstić information content (AvgIpc) is 3.62. The van der Waals surface area contributed by atoms with Gasteiger partial charge in [-0.05, 0) is 61.5 Å². The van der Waals surface area contributed by atoms with E-state index in [9.17, 15) is 0 Å². The molecule has 0 atom stereocenters. The third-order valence-electron chi connectivity index (χ3n) is 10.7. The Morgan fingerprint density at radius 2 is 0.887 bits per heavy atom. The highest BCUT2D eigenvalue weighted by atomic mass is 16.3. The summed E-state index contributed by atoms with van der Waals surface area (Å²) in [6.07, 6.45) is 1.91. The van der Waals surface area contributed by atoms with Gasteiger partial charge in [-0.15, -0.1) is 0 Å². The molecule has 0 aliphatic heterocycles. The van der Waals surface area contributed by atoms with Crippen LogP contribution in [0.25, 0.3) is 110 Å². The summed E-state index contributed by atoms with van der Waals surface area (Å²) in [6.45, 7) is 0. The summed E-state index contributed by atoms with van der Waals surface area (Å²) in [5.74, 6) is 0. The second-order valence-corrected chi connectivity index (χ2v) is 13.7. The minimum absolute atomic E-state index is 0.862. The van der Waals surface area contributed by atoms with Gasteiger partial charge in [0.25, 0.3) is 0 Å². The highest BCUT2D eigenvalue weighted by Crippen LogP contribution is 2.41.